The van der Waals surface area contributed by atoms with Gasteiger partial charge in [-0.2, -0.15) is 0 Å². The maximum Gasteiger partial charge on any atom is 0.265 e. The first-order chi connectivity index (χ1) is 8.76. The minimum atomic E-state index is -0.0120. The Balaban J connectivity index is 1.88. The van der Waals surface area contributed by atoms with Gasteiger partial charge < -0.3 is 10.1 Å². The second kappa shape index (κ2) is 6.57. The molecule has 1 N–H and O–H groups in total. The smallest absolute Gasteiger partial charge is 0.265 e. The van der Waals surface area contributed by atoms with Crippen molar-refractivity contribution in [1.82, 2.24) is 5.32 Å². The zero-order valence-corrected chi connectivity index (χ0v) is 12.9. The Bertz CT molecular complexity index is 407. The van der Waals surface area contributed by atoms with Crippen molar-refractivity contribution in [3.8, 4) is 5.75 Å². The fraction of sp³-hybridized carbons (Fsp3) is 0.615. The van der Waals surface area contributed by atoms with Crippen LogP contribution in [-0.2, 0) is 0 Å². The van der Waals surface area contributed by atoms with Crippen LogP contribution in [0, 0.1) is 11.8 Å². The Labute approximate surface area is 120 Å². The zero-order valence-electron chi connectivity index (χ0n) is 10.4. The summed E-state index contributed by atoms with van der Waals surface area (Å²) in [4.78, 5) is 12.7. The first-order valence-corrected chi connectivity index (χ1v) is 8.22. The number of hydrogen-bond donors (Lipinski definition) is 1. The summed E-state index contributed by atoms with van der Waals surface area (Å²) >= 11 is 4.98. The Hall–Kier alpha value is -0.550. The molecule has 1 aliphatic carbocycles. The van der Waals surface area contributed by atoms with Gasteiger partial charge in [-0.25, -0.2) is 0 Å². The van der Waals surface area contributed by atoms with Crippen LogP contribution in [0.15, 0.2) is 11.4 Å². The number of thiophene rings is 1. The molecule has 1 aliphatic rings. The summed E-state index contributed by atoms with van der Waals surface area (Å²) in [6.07, 6.45) is 3.77. The van der Waals surface area contributed by atoms with Gasteiger partial charge in [0.05, 0.1) is 7.11 Å². The quantitative estimate of drug-likeness (QED) is 0.840. The van der Waals surface area contributed by atoms with Crippen LogP contribution >= 0.6 is 27.3 Å². The van der Waals surface area contributed by atoms with Gasteiger partial charge in [0, 0.05) is 11.9 Å². The number of rotatable bonds is 5. The van der Waals surface area contributed by atoms with Crippen molar-refractivity contribution in [2.24, 2.45) is 11.8 Å². The fourth-order valence-electron chi connectivity index (χ4n) is 2.51. The third-order valence-electron chi connectivity index (χ3n) is 3.59. The molecule has 1 fully saturated rings. The van der Waals surface area contributed by atoms with Gasteiger partial charge in [-0.15, -0.1) is 11.3 Å². The number of carbonyl (C=O) groups is 1. The van der Waals surface area contributed by atoms with Crippen LogP contribution in [-0.4, -0.2) is 24.9 Å². The van der Waals surface area contributed by atoms with Crippen LogP contribution in [0.5, 0.6) is 5.75 Å². The van der Waals surface area contributed by atoms with Gasteiger partial charge in [-0.05, 0) is 36.1 Å². The van der Waals surface area contributed by atoms with Crippen LogP contribution < -0.4 is 10.1 Å². The molecular formula is C13H18BrNO2S. The van der Waals surface area contributed by atoms with Gasteiger partial charge in [0.2, 0.25) is 0 Å². The molecule has 1 heterocycles. The Morgan fingerprint density at radius 1 is 1.56 bits per heavy atom. The number of hydrogen-bond acceptors (Lipinski definition) is 3. The Morgan fingerprint density at radius 3 is 3.06 bits per heavy atom. The largest absolute Gasteiger partial charge is 0.495 e. The summed E-state index contributed by atoms with van der Waals surface area (Å²) in [7, 11) is 1.59. The highest BCUT2D eigenvalue weighted by molar-refractivity contribution is 9.09. The third-order valence-corrected chi connectivity index (χ3v) is 5.32. The van der Waals surface area contributed by atoms with Gasteiger partial charge in [0.15, 0.2) is 0 Å². The average molecular weight is 332 g/mol. The standard InChI is InChI=1S/C13H18BrNO2S/c1-17-11-5-6-18-12(11)13(16)15-8-10-4-2-3-9(10)7-14/h5-6,9-10H,2-4,7-8H2,1H3,(H,15,16). The third kappa shape index (κ3) is 3.06. The SMILES string of the molecule is COc1ccsc1C(=O)NCC1CCCC1CBr. The van der Waals surface area contributed by atoms with E-state index in [1.54, 1.807) is 7.11 Å². The molecule has 1 amide bonds. The molecule has 2 unspecified atom stereocenters. The van der Waals surface area contributed by atoms with E-state index in [9.17, 15) is 4.79 Å². The lowest BCUT2D eigenvalue weighted by atomic mass is 9.98. The van der Waals surface area contributed by atoms with Crippen LogP contribution in [0.4, 0.5) is 0 Å². The number of methoxy groups -OCH3 is 1. The summed E-state index contributed by atoms with van der Waals surface area (Å²) in [5.74, 6) is 1.97. The van der Waals surface area contributed by atoms with Crippen molar-refractivity contribution in [1.29, 1.82) is 0 Å². The normalized spacial score (nSPS) is 23.0. The molecule has 18 heavy (non-hydrogen) atoms. The van der Waals surface area contributed by atoms with Gasteiger partial charge in [0.25, 0.3) is 5.91 Å². The molecule has 1 aromatic heterocycles. The van der Waals surface area contributed by atoms with Gasteiger partial charge >= 0.3 is 0 Å². The number of ether oxygens (including phenoxy) is 1. The first kappa shape index (κ1) is 13.9. The van der Waals surface area contributed by atoms with E-state index < -0.39 is 0 Å². The molecule has 0 aromatic carbocycles. The Kier molecular flexibility index (Phi) is 5.06. The van der Waals surface area contributed by atoms with E-state index in [1.807, 2.05) is 11.4 Å². The summed E-state index contributed by atoms with van der Waals surface area (Å²) in [5.41, 5.74) is 0. The Morgan fingerprint density at radius 2 is 2.33 bits per heavy atom. The predicted octanol–water partition coefficient (Wildman–Crippen LogP) is 3.30. The predicted molar refractivity (Wildman–Crippen MR) is 77.8 cm³/mol. The van der Waals surface area contributed by atoms with Crippen molar-refractivity contribution >= 4 is 33.2 Å². The van der Waals surface area contributed by atoms with Gasteiger partial charge in [0.1, 0.15) is 10.6 Å². The number of carbonyl (C=O) groups excluding carboxylic acids is 1. The van der Waals surface area contributed by atoms with E-state index in [-0.39, 0.29) is 5.91 Å². The molecule has 1 aromatic rings. The first-order valence-electron chi connectivity index (χ1n) is 6.22. The lowest BCUT2D eigenvalue weighted by molar-refractivity contribution is 0.0946. The minimum Gasteiger partial charge on any atom is -0.495 e. The van der Waals surface area contributed by atoms with Gasteiger partial charge in [-0.1, -0.05) is 22.4 Å². The molecule has 0 aliphatic heterocycles. The molecule has 2 rings (SSSR count). The number of alkyl halides is 1. The molecule has 0 saturated heterocycles. The maximum atomic E-state index is 12.0. The van der Waals surface area contributed by atoms with Crippen molar-refractivity contribution in [3.63, 3.8) is 0 Å². The molecular weight excluding hydrogens is 314 g/mol. The van der Waals surface area contributed by atoms with Crippen molar-refractivity contribution in [3.05, 3.63) is 16.3 Å². The molecule has 0 spiro atoms. The maximum absolute atomic E-state index is 12.0. The number of halogens is 1. The molecule has 0 radical (unpaired) electrons. The van der Waals surface area contributed by atoms with E-state index >= 15 is 0 Å². The second-order valence-corrected chi connectivity index (χ2v) is 6.20. The van der Waals surface area contributed by atoms with Crippen LogP contribution in [0.1, 0.15) is 28.9 Å². The highest BCUT2D eigenvalue weighted by Gasteiger charge is 2.27. The molecule has 2 atom stereocenters. The van der Waals surface area contributed by atoms with E-state index in [0.717, 1.165) is 11.9 Å². The van der Waals surface area contributed by atoms with Gasteiger partial charge in [-0.3, -0.25) is 4.79 Å². The van der Waals surface area contributed by atoms with E-state index in [1.165, 1.54) is 30.6 Å². The van der Waals surface area contributed by atoms with Crippen LogP contribution in [0.3, 0.4) is 0 Å². The lowest BCUT2D eigenvalue weighted by Gasteiger charge is -2.17. The summed E-state index contributed by atoms with van der Waals surface area (Å²) in [6, 6.07) is 1.83. The monoisotopic (exact) mass is 331 g/mol. The van der Waals surface area contributed by atoms with Crippen molar-refractivity contribution in [2.75, 3.05) is 19.0 Å². The summed E-state index contributed by atoms with van der Waals surface area (Å²) in [6.45, 7) is 0.774. The number of nitrogens with one attached hydrogen (secondary N) is 1. The van der Waals surface area contributed by atoms with Crippen molar-refractivity contribution in [2.45, 2.75) is 19.3 Å². The highest BCUT2D eigenvalue weighted by atomic mass is 79.9. The zero-order chi connectivity index (χ0) is 13.0. The lowest BCUT2D eigenvalue weighted by Crippen LogP contribution is -2.30. The molecule has 100 valence electrons. The van der Waals surface area contributed by atoms with E-state index in [2.05, 4.69) is 21.2 Å². The highest BCUT2D eigenvalue weighted by Crippen LogP contribution is 2.32. The topological polar surface area (TPSA) is 38.3 Å². The summed E-state index contributed by atoms with van der Waals surface area (Å²) < 4.78 is 5.16. The minimum absolute atomic E-state index is 0.0120. The summed E-state index contributed by atoms with van der Waals surface area (Å²) in [5, 5.41) is 5.95. The van der Waals surface area contributed by atoms with E-state index in [4.69, 9.17) is 4.74 Å². The van der Waals surface area contributed by atoms with Crippen molar-refractivity contribution < 1.29 is 9.53 Å². The van der Waals surface area contributed by atoms with Crippen LogP contribution in [0.25, 0.3) is 0 Å². The molecule has 5 heteroatoms. The second-order valence-electron chi connectivity index (χ2n) is 4.63. The average Bonchev–Trinajstić information content (AvgIpc) is 3.03. The fourth-order valence-corrected chi connectivity index (χ4v) is 4.14. The van der Waals surface area contributed by atoms with Crippen LogP contribution in [0.2, 0.25) is 0 Å². The molecule has 0 bridgehead atoms. The number of amides is 1. The molecule has 3 nitrogen and oxygen atoms in total. The van der Waals surface area contributed by atoms with E-state index in [0.29, 0.717) is 22.5 Å². The molecule has 1 saturated carbocycles.